The van der Waals surface area contributed by atoms with Crippen LogP contribution in [0.1, 0.15) is 18.3 Å². The Morgan fingerprint density at radius 2 is 1.69 bits per heavy atom. The summed E-state index contributed by atoms with van der Waals surface area (Å²) in [5.41, 5.74) is 3.03. The van der Waals surface area contributed by atoms with Crippen LogP contribution in [-0.2, 0) is 13.1 Å². The van der Waals surface area contributed by atoms with Gasteiger partial charge in [-0.15, -0.1) is 24.0 Å². The molecular formula is C23H30IN5O3. The van der Waals surface area contributed by atoms with Crippen LogP contribution in [0.5, 0.6) is 17.2 Å². The van der Waals surface area contributed by atoms with E-state index in [0.717, 1.165) is 29.2 Å². The van der Waals surface area contributed by atoms with Gasteiger partial charge >= 0.3 is 0 Å². The molecule has 1 aromatic heterocycles. The number of hydrogen-bond acceptors (Lipinski definition) is 5. The average Bonchev–Trinajstić information content (AvgIpc) is 3.29. The normalized spacial score (nSPS) is 10.8. The highest BCUT2D eigenvalue weighted by Crippen LogP contribution is 2.38. The first-order chi connectivity index (χ1) is 15.2. The van der Waals surface area contributed by atoms with Gasteiger partial charge in [0, 0.05) is 6.54 Å². The third-order valence-corrected chi connectivity index (χ3v) is 4.62. The van der Waals surface area contributed by atoms with E-state index in [2.05, 4.69) is 25.6 Å². The SMILES string of the molecule is CCNC(=NCc1cc(OC)c(OC)c(OC)c1)NCc1ncc(-c2ccccc2)[nH]1.I. The van der Waals surface area contributed by atoms with Crippen LogP contribution in [0.4, 0.5) is 0 Å². The van der Waals surface area contributed by atoms with Crippen molar-refractivity contribution in [3.63, 3.8) is 0 Å². The minimum absolute atomic E-state index is 0. The molecular weight excluding hydrogens is 521 g/mol. The number of aromatic amines is 1. The van der Waals surface area contributed by atoms with Gasteiger partial charge in [-0.25, -0.2) is 9.98 Å². The molecule has 0 saturated carbocycles. The molecule has 3 N–H and O–H groups in total. The van der Waals surface area contributed by atoms with E-state index in [1.165, 1.54) is 0 Å². The van der Waals surface area contributed by atoms with Crippen LogP contribution in [-0.4, -0.2) is 43.8 Å². The lowest BCUT2D eigenvalue weighted by Gasteiger charge is -2.14. The van der Waals surface area contributed by atoms with Gasteiger partial charge in [0.1, 0.15) is 5.82 Å². The van der Waals surface area contributed by atoms with E-state index >= 15 is 0 Å². The van der Waals surface area contributed by atoms with Gasteiger partial charge in [-0.3, -0.25) is 0 Å². The minimum Gasteiger partial charge on any atom is -0.493 e. The molecule has 3 aromatic rings. The van der Waals surface area contributed by atoms with Crippen molar-refractivity contribution in [3.8, 4) is 28.5 Å². The molecule has 0 amide bonds. The minimum atomic E-state index is 0. The van der Waals surface area contributed by atoms with Gasteiger partial charge in [0.05, 0.1) is 46.3 Å². The fourth-order valence-electron chi connectivity index (χ4n) is 3.12. The average molecular weight is 551 g/mol. The van der Waals surface area contributed by atoms with Crippen LogP contribution in [0.15, 0.2) is 53.7 Å². The maximum absolute atomic E-state index is 5.42. The first-order valence-electron chi connectivity index (χ1n) is 10.1. The molecule has 9 heteroatoms. The molecule has 0 bridgehead atoms. The summed E-state index contributed by atoms with van der Waals surface area (Å²) in [6.07, 6.45) is 1.84. The monoisotopic (exact) mass is 551 g/mol. The molecule has 0 fully saturated rings. The third kappa shape index (κ3) is 6.52. The van der Waals surface area contributed by atoms with Crippen molar-refractivity contribution in [1.29, 1.82) is 0 Å². The number of aliphatic imine (C=N–C) groups is 1. The summed E-state index contributed by atoms with van der Waals surface area (Å²) in [5, 5.41) is 6.56. The van der Waals surface area contributed by atoms with Crippen molar-refractivity contribution >= 4 is 29.9 Å². The highest BCUT2D eigenvalue weighted by molar-refractivity contribution is 14.0. The molecule has 0 radical (unpaired) electrons. The quantitative estimate of drug-likeness (QED) is 0.212. The molecule has 8 nitrogen and oxygen atoms in total. The Kier molecular flexibility index (Phi) is 10.1. The molecule has 0 aliphatic rings. The predicted molar refractivity (Wildman–Crippen MR) is 137 cm³/mol. The summed E-state index contributed by atoms with van der Waals surface area (Å²) in [6.45, 7) is 3.74. The Hall–Kier alpha value is -2.95. The summed E-state index contributed by atoms with van der Waals surface area (Å²) >= 11 is 0. The smallest absolute Gasteiger partial charge is 0.203 e. The van der Waals surface area contributed by atoms with Gasteiger partial charge in [-0.2, -0.15) is 0 Å². The van der Waals surface area contributed by atoms with Crippen molar-refractivity contribution in [2.24, 2.45) is 4.99 Å². The van der Waals surface area contributed by atoms with E-state index in [9.17, 15) is 0 Å². The number of nitrogens with one attached hydrogen (secondary N) is 3. The van der Waals surface area contributed by atoms with Crippen LogP contribution in [0.25, 0.3) is 11.3 Å². The highest BCUT2D eigenvalue weighted by atomic mass is 127. The number of methoxy groups -OCH3 is 3. The number of halogens is 1. The summed E-state index contributed by atoms with van der Waals surface area (Å²) < 4.78 is 16.2. The number of rotatable bonds is 9. The molecule has 32 heavy (non-hydrogen) atoms. The lowest BCUT2D eigenvalue weighted by Crippen LogP contribution is -2.37. The van der Waals surface area contributed by atoms with Crippen molar-refractivity contribution in [2.45, 2.75) is 20.0 Å². The number of guanidine groups is 1. The molecule has 1 heterocycles. The predicted octanol–water partition coefficient (Wildman–Crippen LogP) is 3.98. The standard InChI is InChI=1S/C23H29N5O3.HI/c1-5-24-23(26-13-16-11-19(29-2)22(31-4)20(12-16)30-3)27-15-21-25-14-18(28-21)17-9-7-6-8-10-17;/h6-12,14H,5,13,15H2,1-4H3,(H,25,28)(H2,24,26,27);1H. The van der Waals surface area contributed by atoms with E-state index in [1.54, 1.807) is 21.3 Å². The van der Waals surface area contributed by atoms with Crippen LogP contribution in [0, 0.1) is 0 Å². The van der Waals surface area contributed by atoms with E-state index < -0.39 is 0 Å². The molecule has 3 rings (SSSR count). The summed E-state index contributed by atoms with van der Waals surface area (Å²) in [4.78, 5) is 12.5. The Bertz CT molecular complexity index is 983. The first kappa shape index (κ1) is 25.3. The summed E-state index contributed by atoms with van der Waals surface area (Å²) in [5.74, 6) is 3.30. The molecule has 0 aliphatic carbocycles. The second kappa shape index (κ2) is 12.8. The number of H-pyrrole nitrogens is 1. The molecule has 0 unspecified atom stereocenters. The zero-order chi connectivity index (χ0) is 22.1. The van der Waals surface area contributed by atoms with Crippen LogP contribution < -0.4 is 24.8 Å². The van der Waals surface area contributed by atoms with Gasteiger partial charge in [0.2, 0.25) is 5.75 Å². The fourth-order valence-corrected chi connectivity index (χ4v) is 3.12. The zero-order valence-corrected chi connectivity index (χ0v) is 21.1. The van der Waals surface area contributed by atoms with Crippen LogP contribution >= 0.6 is 24.0 Å². The van der Waals surface area contributed by atoms with Gasteiger partial charge < -0.3 is 29.8 Å². The summed E-state index contributed by atoms with van der Waals surface area (Å²) in [7, 11) is 4.79. The number of nitrogens with zero attached hydrogens (tertiary/aromatic N) is 2. The number of benzene rings is 2. The van der Waals surface area contributed by atoms with Crippen molar-refractivity contribution in [1.82, 2.24) is 20.6 Å². The maximum atomic E-state index is 5.42. The molecule has 0 saturated heterocycles. The third-order valence-electron chi connectivity index (χ3n) is 4.62. The zero-order valence-electron chi connectivity index (χ0n) is 18.8. The molecule has 0 spiro atoms. The maximum Gasteiger partial charge on any atom is 0.203 e. The number of hydrogen-bond donors (Lipinski definition) is 3. The van der Waals surface area contributed by atoms with E-state index in [1.807, 2.05) is 55.6 Å². The van der Waals surface area contributed by atoms with E-state index in [4.69, 9.17) is 14.2 Å². The number of aromatic nitrogens is 2. The lowest BCUT2D eigenvalue weighted by atomic mass is 10.2. The molecule has 172 valence electrons. The number of imidazole rings is 1. The highest BCUT2D eigenvalue weighted by Gasteiger charge is 2.13. The van der Waals surface area contributed by atoms with E-state index in [-0.39, 0.29) is 24.0 Å². The van der Waals surface area contributed by atoms with Crippen molar-refractivity contribution in [2.75, 3.05) is 27.9 Å². The van der Waals surface area contributed by atoms with Crippen molar-refractivity contribution in [3.05, 3.63) is 60.0 Å². The van der Waals surface area contributed by atoms with Gasteiger partial charge in [0.15, 0.2) is 17.5 Å². The molecule has 2 aromatic carbocycles. The number of ether oxygens (including phenoxy) is 3. The van der Waals surface area contributed by atoms with Crippen molar-refractivity contribution < 1.29 is 14.2 Å². The van der Waals surface area contributed by atoms with Gasteiger partial charge in [-0.05, 0) is 30.2 Å². The fraction of sp³-hybridized carbons (Fsp3) is 0.304. The van der Waals surface area contributed by atoms with Crippen LogP contribution in [0.2, 0.25) is 0 Å². The largest absolute Gasteiger partial charge is 0.493 e. The lowest BCUT2D eigenvalue weighted by molar-refractivity contribution is 0.324. The molecule has 0 aliphatic heterocycles. The Labute approximate surface area is 205 Å². The van der Waals surface area contributed by atoms with Gasteiger partial charge in [-0.1, -0.05) is 30.3 Å². The first-order valence-corrected chi connectivity index (χ1v) is 10.1. The molecule has 0 atom stereocenters. The topological polar surface area (TPSA) is 92.8 Å². The second-order valence-electron chi connectivity index (χ2n) is 6.69. The van der Waals surface area contributed by atoms with Gasteiger partial charge in [0.25, 0.3) is 0 Å². The van der Waals surface area contributed by atoms with E-state index in [0.29, 0.717) is 36.3 Å². The Morgan fingerprint density at radius 3 is 2.28 bits per heavy atom. The Morgan fingerprint density at radius 1 is 1.00 bits per heavy atom. The Balaban J connectivity index is 0.00000363. The van der Waals surface area contributed by atoms with Crippen LogP contribution in [0.3, 0.4) is 0 Å². The second-order valence-corrected chi connectivity index (χ2v) is 6.69. The summed E-state index contributed by atoms with van der Waals surface area (Å²) in [6, 6.07) is 13.9.